The van der Waals surface area contributed by atoms with Gasteiger partial charge in [0.2, 0.25) is 5.91 Å². The van der Waals surface area contributed by atoms with Gasteiger partial charge in [-0.1, -0.05) is 63.9 Å². The molecule has 0 saturated carbocycles. The van der Waals surface area contributed by atoms with Crippen molar-refractivity contribution in [3.8, 4) is 0 Å². The first-order chi connectivity index (χ1) is 9.10. The summed E-state index contributed by atoms with van der Waals surface area (Å²) in [5.41, 5.74) is 0.517. The zero-order valence-corrected chi connectivity index (χ0v) is 14.3. The highest BCUT2D eigenvalue weighted by Crippen LogP contribution is 2.30. The number of benzene rings is 1. The lowest BCUT2D eigenvalue weighted by molar-refractivity contribution is -0.129. The zero-order chi connectivity index (χ0) is 15.6. The Morgan fingerprint density at radius 1 is 1.15 bits per heavy atom. The number of hydrogen-bond donors (Lipinski definition) is 1. The van der Waals surface area contributed by atoms with Crippen LogP contribution >= 0.6 is 23.2 Å². The first-order valence-electron chi connectivity index (χ1n) is 6.84. The Morgan fingerprint density at radius 2 is 1.75 bits per heavy atom. The van der Waals surface area contributed by atoms with Crippen molar-refractivity contribution in [3.05, 3.63) is 33.8 Å². The second kappa shape index (κ2) is 6.36. The average Bonchev–Trinajstić information content (AvgIpc) is 2.39. The molecule has 0 aliphatic heterocycles. The van der Waals surface area contributed by atoms with Gasteiger partial charge >= 0.3 is 0 Å². The van der Waals surface area contributed by atoms with Gasteiger partial charge < -0.3 is 5.32 Å². The van der Waals surface area contributed by atoms with Crippen LogP contribution in [0.4, 0.5) is 0 Å². The van der Waals surface area contributed by atoms with Crippen LogP contribution in [-0.4, -0.2) is 12.5 Å². The minimum atomic E-state index is -0.340. The van der Waals surface area contributed by atoms with Crippen LogP contribution in [0, 0.1) is 5.41 Å². The maximum atomic E-state index is 12.1. The van der Waals surface area contributed by atoms with E-state index in [9.17, 15) is 4.79 Å². The maximum Gasteiger partial charge on any atom is 0.225 e. The zero-order valence-electron chi connectivity index (χ0n) is 12.8. The first-order valence-corrected chi connectivity index (χ1v) is 7.59. The minimum Gasteiger partial charge on any atom is -0.355 e. The third-order valence-corrected chi connectivity index (χ3v) is 4.63. The molecule has 1 amide bonds. The van der Waals surface area contributed by atoms with Gasteiger partial charge in [-0.25, -0.2) is 0 Å². The van der Waals surface area contributed by atoms with E-state index in [0.717, 1.165) is 12.0 Å². The molecule has 1 aromatic carbocycles. The normalized spacial score (nSPS) is 12.3. The van der Waals surface area contributed by atoms with Crippen molar-refractivity contribution in [3.63, 3.8) is 0 Å². The number of hydrogen-bond acceptors (Lipinski definition) is 1. The van der Waals surface area contributed by atoms with E-state index < -0.39 is 0 Å². The lowest BCUT2D eigenvalue weighted by atomic mass is 9.83. The third kappa shape index (κ3) is 4.13. The molecule has 1 rings (SSSR count). The van der Waals surface area contributed by atoms with Gasteiger partial charge in [-0.15, -0.1) is 0 Å². The van der Waals surface area contributed by atoms with Crippen LogP contribution < -0.4 is 5.32 Å². The van der Waals surface area contributed by atoms with Gasteiger partial charge in [0.25, 0.3) is 0 Å². The van der Waals surface area contributed by atoms with E-state index in [2.05, 4.69) is 19.2 Å². The highest BCUT2D eigenvalue weighted by molar-refractivity contribution is 6.42. The van der Waals surface area contributed by atoms with E-state index in [0.29, 0.717) is 16.6 Å². The number of nitrogens with one attached hydrogen (secondary N) is 1. The molecule has 0 heterocycles. The van der Waals surface area contributed by atoms with Crippen LogP contribution in [0.5, 0.6) is 0 Å². The van der Waals surface area contributed by atoms with Gasteiger partial charge in [-0.05, 0) is 24.1 Å². The number of halogens is 2. The summed E-state index contributed by atoms with van der Waals surface area (Å²) in [5.74, 6) is 0.0770. The van der Waals surface area contributed by atoms with Crippen molar-refractivity contribution in [2.45, 2.75) is 46.5 Å². The Balaban J connectivity index is 2.80. The van der Waals surface area contributed by atoms with Crippen molar-refractivity contribution in [2.24, 2.45) is 5.41 Å². The topological polar surface area (TPSA) is 29.1 Å². The molecular weight excluding hydrogens is 293 g/mol. The highest BCUT2D eigenvalue weighted by Gasteiger charge is 2.28. The summed E-state index contributed by atoms with van der Waals surface area (Å²) in [6.07, 6.45) is 0.812. The van der Waals surface area contributed by atoms with Crippen molar-refractivity contribution in [1.29, 1.82) is 0 Å². The molecule has 20 heavy (non-hydrogen) atoms. The van der Waals surface area contributed by atoms with Crippen LogP contribution in [0.1, 0.15) is 46.6 Å². The maximum absolute atomic E-state index is 12.1. The lowest BCUT2D eigenvalue weighted by Gasteiger charge is -2.29. The molecule has 1 aromatic rings. The molecule has 0 spiro atoms. The Bertz CT molecular complexity index is 495. The van der Waals surface area contributed by atoms with E-state index in [-0.39, 0.29) is 16.7 Å². The Labute approximate surface area is 131 Å². The molecule has 1 N–H and O–H groups in total. The SMILES string of the molecule is CCC(C)(C)C(=O)NCC(C)(C)c1ccc(Cl)c(Cl)c1. The summed E-state index contributed by atoms with van der Waals surface area (Å²) in [5, 5.41) is 4.11. The molecule has 0 radical (unpaired) electrons. The van der Waals surface area contributed by atoms with Crippen LogP contribution in [-0.2, 0) is 10.2 Å². The standard InChI is InChI=1S/C16H23Cl2NO/c1-6-15(2,3)14(20)19-10-16(4,5)11-7-8-12(17)13(18)9-11/h7-9H,6,10H2,1-5H3,(H,19,20). The molecule has 0 fully saturated rings. The van der Waals surface area contributed by atoms with Gasteiger partial charge in [-0.2, -0.15) is 0 Å². The van der Waals surface area contributed by atoms with Crippen molar-refractivity contribution in [1.82, 2.24) is 5.32 Å². The van der Waals surface area contributed by atoms with Crippen molar-refractivity contribution >= 4 is 29.1 Å². The first kappa shape index (κ1) is 17.3. The molecule has 112 valence electrons. The third-order valence-electron chi connectivity index (χ3n) is 3.89. The predicted octanol–water partition coefficient (Wildman–Crippen LogP) is 4.82. The second-order valence-electron chi connectivity index (χ2n) is 6.43. The largest absolute Gasteiger partial charge is 0.355 e. The molecule has 0 aliphatic carbocycles. The van der Waals surface area contributed by atoms with Gasteiger partial charge in [0.1, 0.15) is 0 Å². The smallest absolute Gasteiger partial charge is 0.225 e. The molecule has 0 saturated heterocycles. The number of carbonyl (C=O) groups excluding carboxylic acids is 1. The van der Waals surface area contributed by atoms with E-state index >= 15 is 0 Å². The van der Waals surface area contributed by atoms with Crippen molar-refractivity contribution in [2.75, 3.05) is 6.54 Å². The van der Waals surface area contributed by atoms with Crippen LogP contribution in [0.15, 0.2) is 18.2 Å². The van der Waals surface area contributed by atoms with Gasteiger partial charge in [0.05, 0.1) is 10.0 Å². The number of amides is 1. The molecule has 0 bridgehead atoms. The average molecular weight is 316 g/mol. The Morgan fingerprint density at radius 3 is 2.25 bits per heavy atom. The van der Waals surface area contributed by atoms with E-state index in [4.69, 9.17) is 23.2 Å². The molecular formula is C16H23Cl2NO. The Kier molecular flexibility index (Phi) is 5.51. The fraction of sp³-hybridized carbons (Fsp3) is 0.562. The van der Waals surface area contributed by atoms with Crippen LogP contribution in [0.25, 0.3) is 0 Å². The van der Waals surface area contributed by atoms with Crippen molar-refractivity contribution < 1.29 is 4.79 Å². The van der Waals surface area contributed by atoms with E-state index in [1.54, 1.807) is 6.07 Å². The summed E-state index contributed by atoms with van der Waals surface area (Å²) in [7, 11) is 0. The summed E-state index contributed by atoms with van der Waals surface area (Å²) >= 11 is 12.0. The van der Waals surface area contributed by atoms with Gasteiger partial charge in [0.15, 0.2) is 0 Å². The summed E-state index contributed by atoms with van der Waals surface area (Å²) in [6.45, 7) is 10.6. The predicted molar refractivity (Wildman–Crippen MR) is 86.6 cm³/mol. The summed E-state index contributed by atoms with van der Waals surface area (Å²) in [6, 6.07) is 5.60. The molecule has 0 aromatic heterocycles. The quantitative estimate of drug-likeness (QED) is 0.829. The molecule has 0 atom stereocenters. The van der Waals surface area contributed by atoms with Gasteiger partial charge in [-0.3, -0.25) is 4.79 Å². The molecule has 2 nitrogen and oxygen atoms in total. The molecule has 0 aliphatic rings. The summed E-state index contributed by atoms with van der Waals surface area (Å²) in [4.78, 5) is 12.1. The van der Waals surface area contributed by atoms with E-state index in [1.807, 2.05) is 32.9 Å². The van der Waals surface area contributed by atoms with Crippen LogP contribution in [0.2, 0.25) is 10.0 Å². The fourth-order valence-electron chi connectivity index (χ4n) is 1.72. The highest BCUT2D eigenvalue weighted by atomic mass is 35.5. The van der Waals surface area contributed by atoms with Gasteiger partial charge in [0, 0.05) is 17.4 Å². The van der Waals surface area contributed by atoms with Crippen LogP contribution in [0.3, 0.4) is 0 Å². The number of carbonyl (C=O) groups is 1. The lowest BCUT2D eigenvalue weighted by Crippen LogP contribution is -2.42. The minimum absolute atomic E-state index is 0.0770. The monoisotopic (exact) mass is 315 g/mol. The van der Waals surface area contributed by atoms with E-state index in [1.165, 1.54) is 0 Å². The summed E-state index contributed by atoms with van der Waals surface area (Å²) < 4.78 is 0. The molecule has 4 heteroatoms. The molecule has 0 unspecified atom stereocenters. The fourth-order valence-corrected chi connectivity index (χ4v) is 2.02. The Hall–Kier alpha value is -0.730. The second-order valence-corrected chi connectivity index (χ2v) is 7.25. The number of rotatable bonds is 5.